The first-order valence-corrected chi connectivity index (χ1v) is 1.97. The van der Waals surface area contributed by atoms with Gasteiger partial charge in [-0.1, -0.05) is 0 Å². The highest BCUT2D eigenvalue weighted by molar-refractivity contribution is 4.89. The van der Waals surface area contributed by atoms with Gasteiger partial charge in [-0.25, -0.2) is 9.97 Å². The van der Waals surface area contributed by atoms with Crippen molar-refractivity contribution in [2.75, 3.05) is 0 Å². The highest BCUT2D eigenvalue weighted by Gasteiger charge is 1.76. The van der Waals surface area contributed by atoms with Crippen molar-refractivity contribution >= 4 is 0 Å². The first-order valence-electron chi connectivity index (χ1n) is 1.97. The molecule has 1 aromatic heterocycles. The fourth-order valence-corrected chi connectivity index (χ4v) is 0.291. The largest absolute Gasteiger partial charge is 0.233 e. The van der Waals surface area contributed by atoms with E-state index in [-0.39, 0.29) is 0 Å². The van der Waals surface area contributed by atoms with Crippen molar-refractivity contribution in [2.24, 2.45) is 0 Å². The number of aryl methyl sites for hydroxylation is 1. The lowest BCUT2D eigenvalue weighted by molar-refractivity contribution is 1.08. The molecular weight excluding hydrogens is 88.1 g/mol. The summed E-state index contributed by atoms with van der Waals surface area (Å²) in [6.45, 7) is 1.85. The lowest BCUT2D eigenvalue weighted by Gasteiger charge is -1.79. The van der Waals surface area contributed by atoms with Crippen molar-refractivity contribution in [3.05, 3.63) is 24.3 Å². The zero-order chi connectivity index (χ0) is 5.11. The third-order valence-corrected chi connectivity index (χ3v) is 0.613. The Morgan fingerprint density at radius 3 is 2.86 bits per heavy atom. The molecule has 0 fully saturated rings. The van der Waals surface area contributed by atoms with Gasteiger partial charge in [0, 0.05) is 18.0 Å². The smallest absolute Gasteiger partial charge is 0.197 e. The third-order valence-electron chi connectivity index (χ3n) is 0.613. The zero-order valence-electron chi connectivity index (χ0n) is 3.97. The zero-order valence-corrected chi connectivity index (χ0v) is 3.97. The molecule has 0 N–H and O–H groups in total. The Hall–Kier alpha value is -0.920. The normalized spacial score (nSPS) is 8.71. The monoisotopic (exact) mass is 92.0 g/mol. The van der Waals surface area contributed by atoms with Crippen LogP contribution in [0.15, 0.2) is 6.20 Å². The van der Waals surface area contributed by atoms with E-state index < -0.39 is 0 Å². The molecule has 1 rings (SSSR count). The van der Waals surface area contributed by atoms with Gasteiger partial charge in [-0.3, -0.25) is 0 Å². The molecular formula is C5H4N2. The van der Waals surface area contributed by atoms with E-state index in [1.54, 1.807) is 6.20 Å². The summed E-state index contributed by atoms with van der Waals surface area (Å²) in [6, 6.07) is 2.78. The fourth-order valence-electron chi connectivity index (χ4n) is 0.291. The first-order chi connectivity index (χ1) is 3.39. The summed E-state index contributed by atoms with van der Waals surface area (Å²) < 4.78 is 0. The van der Waals surface area contributed by atoms with Crippen LogP contribution in [0.25, 0.3) is 0 Å². The maximum Gasteiger partial charge on any atom is 0.197 e. The number of rotatable bonds is 0. The van der Waals surface area contributed by atoms with Gasteiger partial charge >= 0.3 is 0 Å². The van der Waals surface area contributed by atoms with Gasteiger partial charge in [0.1, 0.15) is 0 Å². The molecule has 0 aliphatic rings. The van der Waals surface area contributed by atoms with Gasteiger partial charge in [0.05, 0.1) is 0 Å². The third kappa shape index (κ3) is 0.961. The second-order valence-electron chi connectivity index (χ2n) is 1.20. The van der Waals surface area contributed by atoms with Crippen molar-refractivity contribution in [3.8, 4) is 0 Å². The average molecular weight is 92.1 g/mol. The van der Waals surface area contributed by atoms with Gasteiger partial charge in [0.25, 0.3) is 0 Å². The van der Waals surface area contributed by atoms with Gasteiger partial charge in [-0.05, 0) is 6.92 Å². The molecule has 7 heavy (non-hydrogen) atoms. The predicted molar refractivity (Wildman–Crippen MR) is 24.4 cm³/mol. The minimum absolute atomic E-state index is 0.829. The van der Waals surface area contributed by atoms with Gasteiger partial charge in [0.2, 0.25) is 0 Å². The van der Waals surface area contributed by atoms with Crippen molar-refractivity contribution in [3.63, 3.8) is 0 Å². The summed E-state index contributed by atoms with van der Waals surface area (Å²) in [7, 11) is 0. The molecule has 0 aliphatic heterocycles. The SMILES string of the molecule is Cc1[c]cn[c]n1. The second kappa shape index (κ2) is 1.69. The molecule has 34 valence electrons. The van der Waals surface area contributed by atoms with Gasteiger partial charge in [-0.15, -0.1) is 0 Å². The van der Waals surface area contributed by atoms with Crippen LogP contribution < -0.4 is 0 Å². The Morgan fingerprint density at radius 2 is 2.57 bits per heavy atom. The van der Waals surface area contributed by atoms with E-state index in [0.717, 1.165) is 5.69 Å². The molecule has 1 heterocycles. The summed E-state index contributed by atoms with van der Waals surface area (Å²) in [5.74, 6) is 0. The summed E-state index contributed by atoms with van der Waals surface area (Å²) in [5, 5.41) is 0. The van der Waals surface area contributed by atoms with Crippen LogP contribution in [0.2, 0.25) is 0 Å². The predicted octanol–water partition coefficient (Wildman–Crippen LogP) is 0.385. The minimum atomic E-state index is 0.829. The standard InChI is InChI=1S/C5H4N2/c1-5-2-3-6-4-7-5/h3H,1H3. The van der Waals surface area contributed by atoms with Crippen LogP contribution in [-0.2, 0) is 0 Å². The molecule has 0 saturated carbocycles. The molecule has 0 aromatic carbocycles. The Kier molecular flexibility index (Phi) is 1.02. The highest BCUT2D eigenvalue weighted by atomic mass is 14.8. The van der Waals surface area contributed by atoms with Gasteiger partial charge in [0.15, 0.2) is 6.33 Å². The average Bonchev–Trinajstić information content (AvgIpc) is 1.69. The molecule has 0 amide bonds. The summed E-state index contributed by atoms with van der Waals surface area (Å²) in [4.78, 5) is 7.24. The van der Waals surface area contributed by atoms with E-state index in [1.165, 1.54) is 0 Å². The Labute approximate surface area is 42.2 Å². The fraction of sp³-hybridized carbons (Fsp3) is 0.200. The Bertz CT molecular complexity index is 136. The van der Waals surface area contributed by atoms with Crippen molar-refractivity contribution in [1.82, 2.24) is 9.97 Å². The molecule has 2 heteroatoms. The van der Waals surface area contributed by atoms with Crippen LogP contribution >= 0.6 is 0 Å². The topological polar surface area (TPSA) is 25.8 Å². The van der Waals surface area contributed by atoms with Crippen LogP contribution in [0.3, 0.4) is 0 Å². The summed E-state index contributed by atoms with van der Waals surface area (Å²) in [6.07, 6.45) is 3.97. The van der Waals surface area contributed by atoms with E-state index in [4.69, 9.17) is 0 Å². The molecule has 2 radical (unpaired) electrons. The van der Waals surface area contributed by atoms with Crippen molar-refractivity contribution < 1.29 is 0 Å². The van der Waals surface area contributed by atoms with Crippen LogP contribution in [0, 0.1) is 19.3 Å². The highest BCUT2D eigenvalue weighted by Crippen LogP contribution is 1.80. The number of aromatic nitrogens is 2. The number of hydrogen-bond donors (Lipinski definition) is 0. The number of nitrogens with zero attached hydrogens (tertiary/aromatic N) is 2. The number of hydrogen-bond acceptors (Lipinski definition) is 2. The van der Waals surface area contributed by atoms with Crippen LogP contribution in [0.1, 0.15) is 5.69 Å². The van der Waals surface area contributed by atoms with Crippen LogP contribution in [0.4, 0.5) is 0 Å². The lowest BCUT2D eigenvalue weighted by atomic mass is 10.5. The molecule has 0 aliphatic carbocycles. The molecule has 0 saturated heterocycles. The minimum Gasteiger partial charge on any atom is -0.233 e. The molecule has 0 atom stereocenters. The molecule has 2 nitrogen and oxygen atoms in total. The Balaban J connectivity index is 3.02. The van der Waals surface area contributed by atoms with E-state index in [2.05, 4.69) is 22.4 Å². The molecule has 0 spiro atoms. The van der Waals surface area contributed by atoms with E-state index in [9.17, 15) is 0 Å². The van der Waals surface area contributed by atoms with Crippen LogP contribution in [-0.4, -0.2) is 9.97 Å². The molecule has 0 unspecified atom stereocenters. The lowest BCUT2D eigenvalue weighted by Crippen LogP contribution is -1.79. The molecule has 0 bridgehead atoms. The van der Waals surface area contributed by atoms with Gasteiger partial charge < -0.3 is 0 Å². The van der Waals surface area contributed by atoms with E-state index >= 15 is 0 Å². The van der Waals surface area contributed by atoms with Gasteiger partial charge in [-0.2, -0.15) is 0 Å². The first kappa shape index (κ1) is 4.24. The van der Waals surface area contributed by atoms with Crippen molar-refractivity contribution in [1.29, 1.82) is 0 Å². The van der Waals surface area contributed by atoms with E-state index in [0.29, 0.717) is 0 Å². The summed E-state index contributed by atoms with van der Waals surface area (Å²) >= 11 is 0. The quantitative estimate of drug-likeness (QED) is 0.462. The second-order valence-corrected chi connectivity index (χ2v) is 1.20. The molecule has 1 aromatic rings. The van der Waals surface area contributed by atoms with E-state index in [1.807, 2.05) is 6.92 Å². The Morgan fingerprint density at radius 1 is 1.71 bits per heavy atom. The van der Waals surface area contributed by atoms with Crippen LogP contribution in [0.5, 0.6) is 0 Å². The van der Waals surface area contributed by atoms with Crippen molar-refractivity contribution in [2.45, 2.75) is 6.92 Å². The maximum absolute atomic E-state index is 3.69. The maximum atomic E-state index is 3.69. The summed E-state index contributed by atoms with van der Waals surface area (Å²) in [5.41, 5.74) is 0.829.